The Bertz CT molecular complexity index is 565. The maximum Gasteiger partial charge on any atom is 0.132 e. The topological polar surface area (TPSA) is 38.2 Å². The molecule has 1 aliphatic rings. The quantitative estimate of drug-likeness (QED) is 0.864. The monoisotopic (exact) mass is 283 g/mol. The van der Waals surface area contributed by atoms with Crippen molar-refractivity contribution in [3.63, 3.8) is 0 Å². The summed E-state index contributed by atoms with van der Waals surface area (Å²) in [6, 6.07) is 12.1. The average molecular weight is 283 g/mol. The lowest BCUT2D eigenvalue weighted by molar-refractivity contribution is 0.222. The SMILES string of the molecule is Cc1cc(N2CCC(COc3ccccc3)CC2)ncn1. The van der Waals surface area contributed by atoms with Crippen molar-refractivity contribution in [3.05, 3.63) is 48.4 Å². The van der Waals surface area contributed by atoms with Crippen LogP contribution in [0.1, 0.15) is 18.5 Å². The highest BCUT2D eigenvalue weighted by molar-refractivity contribution is 5.39. The molecule has 2 heterocycles. The summed E-state index contributed by atoms with van der Waals surface area (Å²) >= 11 is 0. The second-order valence-electron chi connectivity index (χ2n) is 5.57. The molecule has 4 heteroatoms. The predicted molar refractivity (Wildman–Crippen MR) is 83.6 cm³/mol. The first-order valence-corrected chi connectivity index (χ1v) is 7.53. The molecule has 0 unspecified atom stereocenters. The lowest BCUT2D eigenvalue weighted by atomic mass is 9.98. The summed E-state index contributed by atoms with van der Waals surface area (Å²) in [4.78, 5) is 10.9. The molecule has 0 saturated carbocycles. The number of piperidine rings is 1. The largest absolute Gasteiger partial charge is 0.493 e. The van der Waals surface area contributed by atoms with Gasteiger partial charge in [0.1, 0.15) is 17.9 Å². The normalized spacial score (nSPS) is 16.0. The smallest absolute Gasteiger partial charge is 0.132 e. The van der Waals surface area contributed by atoms with Gasteiger partial charge in [0.05, 0.1) is 6.61 Å². The Labute approximate surface area is 125 Å². The molecular weight excluding hydrogens is 262 g/mol. The van der Waals surface area contributed by atoms with Crippen LogP contribution < -0.4 is 9.64 Å². The van der Waals surface area contributed by atoms with Crippen molar-refractivity contribution in [2.45, 2.75) is 19.8 Å². The van der Waals surface area contributed by atoms with Crippen molar-refractivity contribution in [2.75, 3.05) is 24.6 Å². The molecule has 0 atom stereocenters. The molecule has 0 amide bonds. The minimum atomic E-state index is 0.629. The molecular formula is C17H21N3O. The van der Waals surface area contributed by atoms with Gasteiger partial charge in [-0.15, -0.1) is 0 Å². The van der Waals surface area contributed by atoms with Crippen molar-refractivity contribution in [2.24, 2.45) is 5.92 Å². The van der Waals surface area contributed by atoms with E-state index in [0.29, 0.717) is 5.92 Å². The van der Waals surface area contributed by atoms with Crippen LogP contribution in [0.25, 0.3) is 0 Å². The second-order valence-corrected chi connectivity index (χ2v) is 5.57. The van der Waals surface area contributed by atoms with Gasteiger partial charge in [-0.25, -0.2) is 9.97 Å². The number of benzene rings is 1. The van der Waals surface area contributed by atoms with Crippen LogP contribution in [0.2, 0.25) is 0 Å². The number of para-hydroxylation sites is 1. The third-order valence-corrected chi connectivity index (χ3v) is 3.96. The number of aryl methyl sites for hydroxylation is 1. The summed E-state index contributed by atoms with van der Waals surface area (Å²) < 4.78 is 5.86. The van der Waals surface area contributed by atoms with Gasteiger partial charge < -0.3 is 9.64 Å². The van der Waals surface area contributed by atoms with E-state index >= 15 is 0 Å². The van der Waals surface area contributed by atoms with Gasteiger partial charge in [0.15, 0.2) is 0 Å². The molecule has 1 saturated heterocycles. The van der Waals surface area contributed by atoms with E-state index in [2.05, 4.69) is 20.9 Å². The van der Waals surface area contributed by atoms with Crippen LogP contribution in [0.5, 0.6) is 5.75 Å². The molecule has 0 aliphatic carbocycles. The summed E-state index contributed by atoms with van der Waals surface area (Å²) in [6.07, 6.45) is 3.95. The zero-order chi connectivity index (χ0) is 14.5. The summed E-state index contributed by atoms with van der Waals surface area (Å²) in [5.74, 6) is 2.64. The van der Waals surface area contributed by atoms with E-state index in [1.54, 1.807) is 6.33 Å². The Balaban J connectivity index is 1.49. The van der Waals surface area contributed by atoms with Crippen LogP contribution in [0.15, 0.2) is 42.7 Å². The van der Waals surface area contributed by atoms with Crippen molar-refractivity contribution >= 4 is 5.82 Å². The van der Waals surface area contributed by atoms with E-state index in [-0.39, 0.29) is 0 Å². The number of rotatable bonds is 4. The molecule has 0 N–H and O–H groups in total. The molecule has 0 spiro atoms. The highest BCUT2D eigenvalue weighted by Crippen LogP contribution is 2.22. The van der Waals surface area contributed by atoms with Crippen molar-refractivity contribution < 1.29 is 4.74 Å². The first kappa shape index (κ1) is 13.9. The molecule has 21 heavy (non-hydrogen) atoms. The minimum Gasteiger partial charge on any atom is -0.493 e. The average Bonchev–Trinajstić information content (AvgIpc) is 2.54. The lowest BCUT2D eigenvalue weighted by Gasteiger charge is -2.32. The van der Waals surface area contributed by atoms with Crippen LogP contribution in [-0.2, 0) is 0 Å². The van der Waals surface area contributed by atoms with Gasteiger partial charge in [-0.05, 0) is 37.8 Å². The molecule has 2 aromatic rings. The molecule has 3 rings (SSSR count). The van der Waals surface area contributed by atoms with E-state index in [4.69, 9.17) is 4.74 Å². The molecule has 4 nitrogen and oxygen atoms in total. The van der Waals surface area contributed by atoms with Gasteiger partial charge in [0.25, 0.3) is 0 Å². The maximum atomic E-state index is 5.86. The van der Waals surface area contributed by atoms with E-state index < -0.39 is 0 Å². The van der Waals surface area contributed by atoms with E-state index in [0.717, 1.165) is 49.8 Å². The predicted octanol–water partition coefficient (Wildman–Crippen LogP) is 3.08. The van der Waals surface area contributed by atoms with Gasteiger partial charge in [0.2, 0.25) is 0 Å². The summed E-state index contributed by atoms with van der Waals surface area (Å²) in [6.45, 7) is 4.89. The van der Waals surface area contributed by atoms with E-state index in [1.165, 1.54) is 0 Å². The van der Waals surface area contributed by atoms with Gasteiger partial charge in [-0.3, -0.25) is 0 Å². The van der Waals surface area contributed by atoms with E-state index in [9.17, 15) is 0 Å². The molecule has 1 fully saturated rings. The van der Waals surface area contributed by atoms with Gasteiger partial charge in [-0.1, -0.05) is 18.2 Å². The Hall–Kier alpha value is -2.10. The number of hydrogen-bond acceptors (Lipinski definition) is 4. The summed E-state index contributed by atoms with van der Waals surface area (Å²) in [7, 11) is 0. The number of anilines is 1. The molecule has 1 aromatic heterocycles. The number of ether oxygens (including phenoxy) is 1. The number of hydrogen-bond donors (Lipinski definition) is 0. The molecule has 0 bridgehead atoms. The molecule has 1 aliphatic heterocycles. The Morgan fingerprint density at radius 2 is 1.90 bits per heavy atom. The van der Waals surface area contributed by atoms with Crippen LogP contribution in [-0.4, -0.2) is 29.7 Å². The van der Waals surface area contributed by atoms with Crippen molar-refractivity contribution in [3.8, 4) is 5.75 Å². The van der Waals surface area contributed by atoms with Gasteiger partial charge in [0, 0.05) is 24.8 Å². The van der Waals surface area contributed by atoms with E-state index in [1.807, 2.05) is 37.3 Å². The second kappa shape index (κ2) is 6.57. The van der Waals surface area contributed by atoms with Gasteiger partial charge in [-0.2, -0.15) is 0 Å². The fourth-order valence-corrected chi connectivity index (χ4v) is 2.67. The zero-order valence-corrected chi connectivity index (χ0v) is 12.4. The Kier molecular flexibility index (Phi) is 4.34. The fraction of sp³-hybridized carbons (Fsp3) is 0.412. The minimum absolute atomic E-state index is 0.629. The third kappa shape index (κ3) is 3.72. The maximum absolute atomic E-state index is 5.86. The molecule has 1 aromatic carbocycles. The molecule has 110 valence electrons. The number of nitrogens with zero attached hydrogens (tertiary/aromatic N) is 3. The first-order valence-electron chi connectivity index (χ1n) is 7.53. The Morgan fingerprint density at radius 3 is 2.62 bits per heavy atom. The van der Waals surface area contributed by atoms with Crippen LogP contribution in [0.3, 0.4) is 0 Å². The van der Waals surface area contributed by atoms with Crippen LogP contribution in [0.4, 0.5) is 5.82 Å². The standard InChI is InChI=1S/C17H21N3O/c1-14-11-17(19-13-18-14)20-9-7-15(8-10-20)12-21-16-5-3-2-4-6-16/h2-6,11,13,15H,7-10,12H2,1H3. The highest BCUT2D eigenvalue weighted by atomic mass is 16.5. The van der Waals surface area contributed by atoms with Crippen molar-refractivity contribution in [1.82, 2.24) is 9.97 Å². The first-order chi connectivity index (χ1) is 10.3. The lowest BCUT2D eigenvalue weighted by Crippen LogP contribution is -2.36. The third-order valence-electron chi connectivity index (χ3n) is 3.96. The number of aromatic nitrogens is 2. The zero-order valence-electron chi connectivity index (χ0n) is 12.4. The molecule has 0 radical (unpaired) electrons. The van der Waals surface area contributed by atoms with Crippen LogP contribution in [0, 0.1) is 12.8 Å². The Morgan fingerprint density at radius 1 is 1.14 bits per heavy atom. The summed E-state index contributed by atoms with van der Waals surface area (Å²) in [5.41, 5.74) is 1.02. The van der Waals surface area contributed by atoms with Crippen molar-refractivity contribution in [1.29, 1.82) is 0 Å². The highest BCUT2D eigenvalue weighted by Gasteiger charge is 2.20. The van der Waals surface area contributed by atoms with Gasteiger partial charge >= 0.3 is 0 Å². The summed E-state index contributed by atoms with van der Waals surface area (Å²) in [5, 5.41) is 0. The van der Waals surface area contributed by atoms with Crippen LogP contribution >= 0.6 is 0 Å². The fourth-order valence-electron chi connectivity index (χ4n) is 2.67.